The average molecular weight is 353 g/mol. The molecule has 0 aromatic carbocycles. The molecule has 0 aliphatic carbocycles. The zero-order chi connectivity index (χ0) is 15.5. The molecule has 0 unspecified atom stereocenters. The van der Waals surface area contributed by atoms with E-state index in [2.05, 4.69) is 5.32 Å². The standard InChI is InChI=1S/C12H20N2O4S3/c1-13-6-5-11-3-4-12(19-11)21(17,18)14-7-2-9-20(15,16)10-8-14/h3-4,13H,2,5-10H2,1H3. The number of sulfonamides is 1. The third-order valence-electron chi connectivity index (χ3n) is 3.37. The van der Waals surface area contributed by atoms with E-state index in [0.29, 0.717) is 10.6 Å². The van der Waals surface area contributed by atoms with Crippen molar-refractivity contribution in [2.75, 3.05) is 38.2 Å². The molecule has 6 nitrogen and oxygen atoms in total. The second kappa shape index (κ2) is 6.74. The quantitative estimate of drug-likeness (QED) is 0.825. The Morgan fingerprint density at radius 1 is 1.29 bits per heavy atom. The van der Waals surface area contributed by atoms with Crippen LogP contribution in [0.1, 0.15) is 11.3 Å². The van der Waals surface area contributed by atoms with E-state index >= 15 is 0 Å². The largest absolute Gasteiger partial charge is 0.319 e. The van der Waals surface area contributed by atoms with Gasteiger partial charge in [-0.1, -0.05) is 0 Å². The molecule has 2 rings (SSSR count). The van der Waals surface area contributed by atoms with Crippen LogP contribution in [0.25, 0.3) is 0 Å². The Bertz CT molecular complexity index is 679. The second-order valence-electron chi connectivity index (χ2n) is 4.98. The highest BCUT2D eigenvalue weighted by Gasteiger charge is 2.29. The lowest BCUT2D eigenvalue weighted by Crippen LogP contribution is -2.33. The molecule has 120 valence electrons. The SMILES string of the molecule is CNCCc1ccc(S(=O)(=O)N2CCCS(=O)(=O)CC2)s1. The number of nitrogens with one attached hydrogen (secondary N) is 1. The molecule has 0 bridgehead atoms. The maximum Gasteiger partial charge on any atom is 0.252 e. The third kappa shape index (κ3) is 4.26. The highest BCUT2D eigenvalue weighted by molar-refractivity contribution is 7.92. The van der Waals surface area contributed by atoms with Crippen LogP contribution in [0.4, 0.5) is 0 Å². The Kier molecular flexibility index (Phi) is 5.42. The summed E-state index contributed by atoms with van der Waals surface area (Å²) in [4.78, 5) is 1.00. The Labute approximate surface area is 130 Å². The maximum atomic E-state index is 12.6. The summed E-state index contributed by atoms with van der Waals surface area (Å²) in [6, 6.07) is 3.44. The van der Waals surface area contributed by atoms with Crippen molar-refractivity contribution in [3.63, 3.8) is 0 Å². The van der Waals surface area contributed by atoms with Crippen LogP contribution in [0.15, 0.2) is 16.3 Å². The molecule has 1 aromatic rings. The minimum atomic E-state index is -3.57. The fourth-order valence-corrected chi connectivity index (χ4v) is 6.54. The first-order valence-corrected chi connectivity index (χ1v) is 10.9. The lowest BCUT2D eigenvalue weighted by molar-refractivity contribution is 0.436. The fourth-order valence-electron chi connectivity index (χ4n) is 2.16. The highest BCUT2D eigenvalue weighted by atomic mass is 32.2. The Hall–Kier alpha value is -0.480. The molecule has 1 saturated heterocycles. The van der Waals surface area contributed by atoms with Gasteiger partial charge in [-0.15, -0.1) is 11.3 Å². The smallest absolute Gasteiger partial charge is 0.252 e. The number of hydrogen-bond acceptors (Lipinski definition) is 6. The summed E-state index contributed by atoms with van der Waals surface area (Å²) in [5, 5.41) is 3.02. The molecule has 2 heterocycles. The van der Waals surface area contributed by atoms with Gasteiger partial charge in [0.25, 0.3) is 10.0 Å². The molecule has 0 atom stereocenters. The maximum absolute atomic E-state index is 12.6. The van der Waals surface area contributed by atoms with Crippen LogP contribution in [-0.4, -0.2) is 59.3 Å². The highest BCUT2D eigenvalue weighted by Crippen LogP contribution is 2.26. The molecular weight excluding hydrogens is 332 g/mol. The molecule has 0 amide bonds. The van der Waals surface area contributed by atoms with Gasteiger partial charge in [0.1, 0.15) is 4.21 Å². The van der Waals surface area contributed by atoms with Gasteiger partial charge in [0.05, 0.1) is 11.5 Å². The van der Waals surface area contributed by atoms with E-state index in [0.717, 1.165) is 17.8 Å². The van der Waals surface area contributed by atoms with Crippen molar-refractivity contribution in [1.29, 1.82) is 0 Å². The van der Waals surface area contributed by atoms with Crippen LogP contribution in [-0.2, 0) is 26.3 Å². The van der Waals surface area contributed by atoms with Crippen LogP contribution in [0, 0.1) is 0 Å². The summed E-state index contributed by atoms with van der Waals surface area (Å²) < 4.78 is 49.9. The predicted octanol–water partition coefficient (Wildman–Crippen LogP) is 0.319. The number of thiophene rings is 1. The molecule has 1 aromatic heterocycles. The first kappa shape index (κ1) is 16.9. The van der Waals surface area contributed by atoms with Crippen LogP contribution in [0.3, 0.4) is 0 Å². The van der Waals surface area contributed by atoms with Crippen molar-refractivity contribution in [1.82, 2.24) is 9.62 Å². The number of sulfone groups is 1. The van der Waals surface area contributed by atoms with Gasteiger partial charge in [0.2, 0.25) is 0 Å². The van der Waals surface area contributed by atoms with Crippen molar-refractivity contribution in [3.8, 4) is 0 Å². The van der Waals surface area contributed by atoms with E-state index in [4.69, 9.17) is 0 Å². The fraction of sp³-hybridized carbons (Fsp3) is 0.667. The molecule has 9 heteroatoms. The number of hydrogen-bond donors (Lipinski definition) is 1. The van der Waals surface area contributed by atoms with Crippen LogP contribution < -0.4 is 5.32 Å². The summed E-state index contributed by atoms with van der Waals surface area (Å²) in [6.45, 7) is 1.11. The second-order valence-corrected chi connectivity index (χ2v) is 10.6. The van der Waals surface area contributed by atoms with Gasteiger partial charge in [-0.05, 0) is 38.6 Å². The van der Waals surface area contributed by atoms with E-state index < -0.39 is 19.9 Å². The van der Waals surface area contributed by atoms with Gasteiger partial charge in [0.15, 0.2) is 9.84 Å². The normalized spacial score (nSPS) is 20.2. The molecule has 1 fully saturated rings. The topological polar surface area (TPSA) is 83.6 Å². The average Bonchev–Trinajstić information content (AvgIpc) is 2.81. The van der Waals surface area contributed by atoms with Crippen molar-refractivity contribution in [2.45, 2.75) is 17.1 Å². The zero-order valence-corrected chi connectivity index (χ0v) is 14.4. The van der Waals surface area contributed by atoms with E-state index in [1.807, 2.05) is 13.1 Å². The van der Waals surface area contributed by atoms with Crippen molar-refractivity contribution < 1.29 is 16.8 Å². The summed E-state index contributed by atoms with van der Waals surface area (Å²) in [5.41, 5.74) is 0. The van der Waals surface area contributed by atoms with Gasteiger partial charge in [-0.2, -0.15) is 4.31 Å². The summed E-state index contributed by atoms with van der Waals surface area (Å²) in [7, 11) is -4.83. The monoisotopic (exact) mass is 352 g/mol. The first-order chi connectivity index (χ1) is 9.85. The molecule has 1 N–H and O–H groups in total. The van der Waals surface area contributed by atoms with E-state index in [1.54, 1.807) is 6.07 Å². The Balaban J connectivity index is 2.15. The molecule has 1 aliphatic rings. The summed E-state index contributed by atoms with van der Waals surface area (Å²) in [5.74, 6) is -0.0267. The molecular formula is C12H20N2O4S3. The Morgan fingerprint density at radius 3 is 2.76 bits per heavy atom. The van der Waals surface area contributed by atoms with E-state index in [9.17, 15) is 16.8 Å². The lowest BCUT2D eigenvalue weighted by atomic mass is 10.3. The molecule has 21 heavy (non-hydrogen) atoms. The van der Waals surface area contributed by atoms with Gasteiger partial charge < -0.3 is 5.32 Å². The van der Waals surface area contributed by atoms with E-state index in [-0.39, 0.29) is 24.6 Å². The molecule has 0 spiro atoms. The number of likely N-dealkylation sites (N-methyl/N-ethyl adjacent to an activating group) is 1. The minimum Gasteiger partial charge on any atom is -0.319 e. The summed E-state index contributed by atoms with van der Waals surface area (Å²) in [6.07, 6.45) is 1.14. The van der Waals surface area contributed by atoms with Crippen molar-refractivity contribution >= 4 is 31.2 Å². The van der Waals surface area contributed by atoms with Crippen LogP contribution in [0.5, 0.6) is 0 Å². The van der Waals surface area contributed by atoms with Crippen molar-refractivity contribution in [2.24, 2.45) is 0 Å². The van der Waals surface area contributed by atoms with Gasteiger partial charge >= 0.3 is 0 Å². The molecule has 1 aliphatic heterocycles. The molecule has 0 saturated carbocycles. The van der Waals surface area contributed by atoms with Gasteiger partial charge in [-0.3, -0.25) is 0 Å². The minimum absolute atomic E-state index is 0.0500. The van der Waals surface area contributed by atoms with Crippen molar-refractivity contribution in [3.05, 3.63) is 17.0 Å². The van der Waals surface area contributed by atoms with Gasteiger partial charge in [-0.25, -0.2) is 16.8 Å². The summed E-state index contributed by atoms with van der Waals surface area (Å²) >= 11 is 1.26. The van der Waals surface area contributed by atoms with Crippen LogP contribution >= 0.6 is 11.3 Å². The van der Waals surface area contributed by atoms with E-state index in [1.165, 1.54) is 15.6 Å². The van der Waals surface area contributed by atoms with Gasteiger partial charge in [0, 0.05) is 18.0 Å². The number of nitrogens with zero attached hydrogens (tertiary/aromatic N) is 1. The predicted molar refractivity (Wildman–Crippen MR) is 84.0 cm³/mol. The number of rotatable bonds is 5. The zero-order valence-electron chi connectivity index (χ0n) is 11.9. The lowest BCUT2D eigenvalue weighted by Gasteiger charge is -2.18. The third-order valence-corrected chi connectivity index (χ3v) is 8.59. The first-order valence-electron chi connectivity index (χ1n) is 6.79. The Morgan fingerprint density at radius 2 is 2.05 bits per heavy atom. The molecule has 0 radical (unpaired) electrons. The van der Waals surface area contributed by atoms with Crippen LogP contribution in [0.2, 0.25) is 0 Å².